The quantitative estimate of drug-likeness (QED) is 0.627. The molecule has 0 amide bonds. The number of benzene rings is 2. The molecule has 118 valence electrons. The second-order valence-corrected chi connectivity index (χ2v) is 6.25. The summed E-state index contributed by atoms with van der Waals surface area (Å²) in [6.07, 6.45) is 0.555. The Kier molecular flexibility index (Phi) is 3.86. The van der Waals surface area contributed by atoms with Crippen LogP contribution < -0.4 is 0 Å². The van der Waals surface area contributed by atoms with Crippen LogP contribution in [0.3, 0.4) is 0 Å². The van der Waals surface area contributed by atoms with Crippen LogP contribution in [0, 0.1) is 10.1 Å². The predicted octanol–water partition coefficient (Wildman–Crippen LogP) is 4.28. The molecule has 0 saturated carbocycles. The Morgan fingerprint density at radius 2 is 1.78 bits per heavy atom. The Bertz CT molecular complexity index is 737. The van der Waals surface area contributed by atoms with E-state index in [2.05, 4.69) is 13.8 Å². The number of hydrogen-bond acceptors (Lipinski definition) is 4. The fraction of sp³-hybridized carbons (Fsp3) is 0.278. The molecular formula is C18H18N2O3. The Labute approximate surface area is 134 Å². The van der Waals surface area contributed by atoms with Crippen LogP contribution in [0.4, 0.5) is 5.69 Å². The molecule has 23 heavy (non-hydrogen) atoms. The topological polar surface area (TPSA) is 64.7 Å². The number of nitro groups is 1. The fourth-order valence-corrected chi connectivity index (χ4v) is 2.69. The number of ether oxygens (including phenoxy) is 1. The summed E-state index contributed by atoms with van der Waals surface area (Å²) in [4.78, 5) is 15.1. The second kappa shape index (κ2) is 5.83. The minimum atomic E-state index is -0.397. The Morgan fingerprint density at radius 3 is 2.39 bits per heavy atom. The fourth-order valence-electron chi connectivity index (χ4n) is 2.69. The lowest BCUT2D eigenvalue weighted by atomic mass is 9.91. The highest BCUT2D eigenvalue weighted by molar-refractivity contribution is 5.94. The van der Waals surface area contributed by atoms with Gasteiger partial charge in [-0.3, -0.25) is 10.1 Å². The zero-order valence-corrected chi connectivity index (χ0v) is 13.1. The highest BCUT2D eigenvalue weighted by atomic mass is 16.6. The van der Waals surface area contributed by atoms with Crippen molar-refractivity contribution in [2.45, 2.75) is 31.9 Å². The molecule has 1 aliphatic heterocycles. The van der Waals surface area contributed by atoms with Crippen molar-refractivity contribution in [2.75, 3.05) is 0 Å². The third kappa shape index (κ3) is 3.39. The lowest BCUT2D eigenvalue weighted by Gasteiger charge is -2.33. The average molecular weight is 310 g/mol. The number of non-ortho nitro benzene ring substituents is 1. The standard InChI is InChI=1S/C18H18N2O3/c1-18(2)12-16(13-8-10-15(11-9-13)20(21)22)23-17(19-18)14-6-4-3-5-7-14/h3-11,16H,12H2,1-2H3. The maximum absolute atomic E-state index is 10.8. The molecular weight excluding hydrogens is 292 g/mol. The van der Waals surface area contributed by atoms with E-state index in [-0.39, 0.29) is 17.3 Å². The van der Waals surface area contributed by atoms with Gasteiger partial charge < -0.3 is 4.74 Å². The average Bonchev–Trinajstić information content (AvgIpc) is 2.54. The van der Waals surface area contributed by atoms with Crippen molar-refractivity contribution >= 4 is 11.6 Å². The minimum Gasteiger partial charge on any atom is -0.469 e. The number of aliphatic imine (C=N–C) groups is 1. The molecule has 5 heteroatoms. The third-order valence-electron chi connectivity index (χ3n) is 3.84. The SMILES string of the molecule is CC1(C)CC(c2ccc([N+](=O)[O-])cc2)OC(c2ccccc2)=N1. The molecule has 2 aromatic rings. The van der Waals surface area contributed by atoms with Crippen molar-refractivity contribution < 1.29 is 9.66 Å². The maximum Gasteiger partial charge on any atom is 0.269 e. The van der Waals surface area contributed by atoms with Gasteiger partial charge in [-0.25, -0.2) is 4.99 Å². The highest BCUT2D eigenvalue weighted by Crippen LogP contribution is 2.35. The van der Waals surface area contributed by atoms with Crippen LogP contribution in [0.15, 0.2) is 59.6 Å². The molecule has 0 radical (unpaired) electrons. The third-order valence-corrected chi connectivity index (χ3v) is 3.84. The molecule has 0 spiro atoms. The van der Waals surface area contributed by atoms with Crippen molar-refractivity contribution in [2.24, 2.45) is 4.99 Å². The molecule has 5 nitrogen and oxygen atoms in total. The van der Waals surface area contributed by atoms with Gasteiger partial charge >= 0.3 is 0 Å². The van der Waals surface area contributed by atoms with Gasteiger partial charge in [0.05, 0.1) is 10.5 Å². The van der Waals surface area contributed by atoms with Crippen molar-refractivity contribution in [1.29, 1.82) is 0 Å². The molecule has 1 unspecified atom stereocenters. The molecule has 0 aliphatic carbocycles. The minimum absolute atomic E-state index is 0.0840. The summed E-state index contributed by atoms with van der Waals surface area (Å²) in [5, 5.41) is 10.8. The van der Waals surface area contributed by atoms with E-state index in [0.29, 0.717) is 5.90 Å². The van der Waals surface area contributed by atoms with Gasteiger partial charge in [-0.15, -0.1) is 0 Å². The van der Waals surface area contributed by atoms with Crippen molar-refractivity contribution in [3.05, 3.63) is 75.8 Å². The van der Waals surface area contributed by atoms with Crippen LogP contribution in [0.25, 0.3) is 0 Å². The molecule has 1 aliphatic rings. The van der Waals surface area contributed by atoms with Gasteiger partial charge in [0.1, 0.15) is 6.10 Å². The summed E-state index contributed by atoms with van der Waals surface area (Å²) >= 11 is 0. The van der Waals surface area contributed by atoms with Gasteiger partial charge in [0.25, 0.3) is 5.69 Å². The lowest BCUT2D eigenvalue weighted by Crippen LogP contribution is -2.31. The molecule has 1 heterocycles. The van der Waals surface area contributed by atoms with E-state index < -0.39 is 4.92 Å². The molecule has 0 saturated heterocycles. The first-order chi connectivity index (χ1) is 10.9. The number of rotatable bonds is 3. The zero-order chi connectivity index (χ0) is 16.4. The van der Waals surface area contributed by atoms with E-state index in [1.807, 2.05) is 30.3 Å². The molecule has 3 rings (SSSR count). The molecule has 0 fully saturated rings. The number of hydrogen-bond donors (Lipinski definition) is 0. The Balaban J connectivity index is 1.90. The van der Waals surface area contributed by atoms with Gasteiger partial charge in [0.15, 0.2) is 0 Å². The molecule has 1 atom stereocenters. The molecule has 0 N–H and O–H groups in total. The summed E-state index contributed by atoms with van der Waals surface area (Å²) < 4.78 is 6.07. The van der Waals surface area contributed by atoms with E-state index in [9.17, 15) is 10.1 Å². The number of nitro benzene ring substituents is 1. The highest BCUT2D eigenvalue weighted by Gasteiger charge is 2.32. The van der Waals surface area contributed by atoms with Crippen molar-refractivity contribution in [1.82, 2.24) is 0 Å². The summed E-state index contributed by atoms with van der Waals surface area (Å²) in [6, 6.07) is 16.3. The first kappa shape index (κ1) is 15.2. The van der Waals surface area contributed by atoms with Crippen LogP contribution in [0.1, 0.15) is 37.5 Å². The largest absolute Gasteiger partial charge is 0.469 e. The predicted molar refractivity (Wildman–Crippen MR) is 88.6 cm³/mol. The summed E-state index contributed by atoms with van der Waals surface area (Å²) in [6.45, 7) is 4.13. The summed E-state index contributed by atoms with van der Waals surface area (Å²) in [7, 11) is 0. The van der Waals surface area contributed by atoms with Gasteiger partial charge in [0, 0.05) is 24.1 Å². The van der Waals surface area contributed by atoms with E-state index in [4.69, 9.17) is 9.73 Å². The van der Waals surface area contributed by atoms with Gasteiger partial charge in [-0.05, 0) is 43.7 Å². The normalized spacial score (nSPS) is 19.6. The van der Waals surface area contributed by atoms with E-state index in [0.717, 1.165) is 17.5 Å². The van der Waals surface area contributed by atoms with Gasteiger partial charge in [-0.2, -0.15) is 0 Å². The first-order valence-corrected chi connectivity index (χ1v) is 7.51. The van der Waals surface area contributed by atoms with Crippen LogP contribution in [0.5, 0.6) is 0 Å². The van der Waals surface area contributed by atoms with E-state index >= 15 is 0 Å². The number of nitrogens with zero attached hydrogens (tertiary/aromatic N) is 2. The molecule has 2 aromatic carbocycles. The monoisotopic (exact) mass is 310 g/mol. The molecule has 0 aromatic heterocycles. The van der Waals surface area contributed by atoms with Crippen LogP contribution in [0.2, 0.25) is 0 Å². The lowest BCUT2D eigenvalue weighted by molar-refractivity contribution is -0.384. The summed E-state index contributed by atoms with van der Waals surface area (Å²) in [5.74, 6) is 0.616. The smallest absolute Gasteiger partial charge is 0.269 e. The van der Waals surface area contributed by atoms with Crippen molar-refractivity contribution in [3.8, 4) is 0 Å². The van der Waals surface area contributed by atoms with E-state index in [1.165, 1.54) is 12.1 Å². The Morgan fingerprint density at radius 1 is 1.13 bits per heavy atom. The molecule has 0 bridgehead atoms. The van der Waals surface area contributed by atoms with Gasteiger partial charge in [-0.1, -0.05) is 18.2 Å². The van der Waals surface area contributed by atoms with Crippen LogP contribution in [-0.2, 0) is 4.74 Å². The van der Waals surface area contributed by atoms with Crippen LogP contribution in [-0.4, -0.2) is 16.4 Å². The van der Waals surface area contributed by atoms with E-state index in [1.54, 1.807) is 12.1 Å². The maximum atomic E-state index is 10.8. The van der Waals surface area contributed by atoms with Crippen molar-refractivity contribution in [3.63, 3.8) is 0 Å². The Hall–Kier alpha value is -2.69. The summed E-state index contributed by atoms with van der Waals surface area (Å²) in [5.41, 5.74) is 1.69. The van der Waals surface area contributed by atoms with Crippen LogP contribution >= 0.6 is 0 Å². The second-order valence-electron chi connectivity index (χ2n) is 6.25. The first-order valence-electron chi connectivity index (χ1n) is 7.51. The zero-order valence-electron chi connectivity index (χ0n) is 13.1. The van der Waals surface area contributed by atoms with Gasteiger partial charge in [0.2, 0.25) is 5.90 Å².